The van der Waals surface area contributed by atoms with Crippen LogP contribution in [0, 0.1) is 20.2 Å². The molecule has 0 bridgehead atoms. The van der Waals surface area contributed by atoms with Crippen LogP contribution in [-0.4, -0.2) is 27.0 Å². The van der Waals surface area contributed by atoms with Crippen LogP contribution in [-0.2, 0) is 0 Å². The van der Waals surface area contributed by atoms with Crippen molar-refractivity contribution in [1.82, 2.24) is 5.32 Å². The van der Waals surface area contributed by atoms with Gasteiger partial charge in [0.05, 0.1) is 21.5 Å². The van der Waals surface area contributed by atoms with Gasteiger partial charge in [-0.3, -0.25) is 25.0 Å². The standard InChI is InChI=1S/C23H21N3O5S/c27-23(17-11-18(25(28)29)14-19(12-17)26(30)31)24-21-7-3-4-8-22(21)32-20-10-9-15-5-1-2-6-16(15)13-20/h1-2,5-6,9-14,21-22H,3-4,7-8H2,(H,24,27)/t21-,22-/m1/s1. The summed E-state index contributed by atoms with van der Waals surface area (Å²) in [5.74, 6) is -0.534. The van der Waals surface area contributed by atoms with Crippen molar-refractivity contribution in [3.63, 3.8) is 0 Å². The highest BCUT2D eigenvalue weighted by Gasteiger charge is 2.29. The lowest BCUT2D eigenvalue weighted by atomic mass is 9.94. The molecule has 9 heteroatoms. The van der Waals surface area contributed by atoms with E-state index in [1.54, 1.807) is 11.8 Å². The summed E-state index contributed by atoms with van der Waals surface area (Å²) in [5.41, 5.74) is -1.03. The molecule has 1 N–H and O–H groups in total. The van der Waals surface area contributed by atoms with Gasteiger partial charge in [0.2, 0.25) is 0 Å². The Balaban J connectivity index is 1.53. The number of fused-ring (bicyclic) bond motifs is 1. The van der Waals surface area contributed by atoms with Crippen molar-refractivity contribution in [3.05, 3.63) is 86.5 Å². The molecule has 32 heavy (non-hydrogen) atoms. The molecule has 8 nitrogen and oxygen atoms in total. The molecule has 4 rings (SSSR count). The molecule has 0 radical (unpaired) electrons. The van der Waals surface area contributed by atoms with Crippen molar-refractivity contribution in [1.29, 1.82) is 0 Å². The lowest BCUT2D eigenvalue weighted by Crippen LogP contribution is -2.43. The molecule has 1 fully saturated rings. The number of non-ortho nitro benzene ring substituents is 2. The molecule has 0 aliphatic heterocycles. The fourth-order valence-corrected chi connectivity index (χ4v) is 5.35. The number of carbonyl (C=O) groups excluding carboxylic acids is 1. The molecule has 3 aromatic carbocycles. The maximum Gasteiger partial charge on any atom is 0.277 e. The lowest BCUT2D eigenvalue weighted by molar-refractivity contribution is -0.394. The number of nitrogens with one attached hydrogen (secondary N) is 1. The van der Waals surface area contributed by atoms with Gasteiger partial charge in [-0.2, -0.15) is 0 Å². The highest BCUT2D eigenvalue weighted by molar-refractivity contribution is 8.00. The minimum absolute atomic E-state index is 0.0778. The molecule has 1 aliphatic rings. The van der Waals surface area contributed by atoms with E-state index in [1.807, 2.05) is 12.1 Å². The van der Waals surface area contributed by atoms with Crippen molar-refractivity contribution in [2.75, 3.05) is 0 Å². The number of rotatable bonds is 6. The van der Waals surface area contributed by atoms with Crippen LogP contribution in [0.5, 0.6) is 0 Å². The summed E-state index contributed by atoms with van der Waals surface area (Å²) in [4.78, 5) is 34.8. The van der Waals surface area contributed by atoms with Crippen molar-refractivity contribution in [2.45, 2.75) is 41.9 Å². The van der Waals surface area contributed by atoms with Crippen LogP contribution in [0.3, 0.4) is 0 Å². The second-order valence-corrected chi connectivity index (χ2v) is 9.09. The van der Waals surface area contributed by atoms with Crippen LogP contribution in [0.25, 0.3) is 10.8 Å². The van der Waals surface area contributed by atoms with Crippen LogP contribution in [0.2, 0.25) is 0 Å². The normalized spacial score (nSPS) is 18.2. The van der Waals surface area contributed by atoms with E-state index in [9.17, 15) is 25.0 Å². The zero-order valence-electron chi connectivity index (χ0n) is 17.1. The summed E-state index contributed by atoms with van der Waals surface area (Å²) < 4.78 is 0. The van der Waals surface area contributed by atoms with Crippen LogP contribution >= 0.6 is 11.8 Å². The maximum absolute atomic E-state index is 12.9. The van der Waals surface area contributed by atoms with Crippen molar-refractivity contribution >= 4 is 39.8 Å². The molecule has 0 saturated heterocycles. The van der Waals surface area contributed by atoms with E-state index in [-0.39, 0.29) is 16.9 Å². The molecule has 2 atom stereocenters. The number of hydrogen-bond acceptors (Lipinski definition) is 6. The van der Waals surface area contributed by atoms with Crippen LogP contribution in [0.15, 0.2) is 65.6 Å². The topological polar surface area (TPSA) is 115 Å². The number of carbonyl (C=O) groups is 1. The van der Waals surface area contributed by atoms with Crippen LogP contribution in [0.4, 0.5) is 11.4 Å². The first-order chi connectivity index (χ1) is 15.4. The molecule has 3 aromatic rings. The third-order valence-corrected chi connectivity index (χ3v) is 7.01. The molecular weight excluding hydrogens is 430 g/mol. The number of amides is 1. The molecule has 0 unspecified atom stereocenters. The molecular formula is C23H21N3O5S. The number of hydrogen-bond donors (Lipinski definition) is 1. The van der Waals surface area contributed by atoms with Gasteiger partial charge in [0.15, 0.2) is 0 Å². The van der Waals surface area contributed by atoms with Gasteiger partial charge in [0, 0.05) is 28.3 Å². The van der Waals surface area contributed by atoms with Crippen LogP contribution in [0.1, 0.15) is 36.0 Å². The molecule has 164 valence electrons. The average molecular weight is 452 g/mol. The zero-order valence-corrected chi connectivity index (χ0v) is 17.9. The second kappa shape index (κ2) is 9.35. The van der Waals surface area contributed by atoms with E-state index in [4.69, 9.17) is 0 Å². The van der Waals surface area contributed by atoms with Gasteiger partial charge in [-0.05, 0) is 35.7 Å². The molecule has 0 aromatic heterocycles. The maximum atomic E-state index is 12.9. The highest BCUT2D eigenvalue weighted by Crippen LogP contribution is 2.35. The monoisotopic (exact) mass is 451 g/mol. The summed E-state index contributed by atoms with van der Waals surface area (Å²) in [6.45, 7) is 0. The number of thioether (sulfide) groups is 1. The van der Waals surface area contributed by atoms with E-state index in [0.717, 1.165) is 59.6 Å². The SMILES string of the molecule is O=C(N[C@@H]1CCCC[C@H]1Sc1ccc2ccccc2c1)c1cc([N+](=O)[O-])cc([N+](=O)[O-])c1. The minimum atomic E-state index is -0.733. The number of nitro benzene ring substituents is 2. The molecule has 0 heterocycles. The van der Waals surface area contributed by atoms with Gasteiger partial charge in [0.25, 0.3) is 17.3 Å². The second-order valence-electron chi connectivity index (χ2n) is 7.78. The Morgan fingerprint density at radius 3 is 2.22 bits per heavy atom. The highest BCUT2D eigenvalue weighted by atomic mass is 32.2. The Bertz CT molecular complexity index is 1170. The van der Waals surface area contributed by atoms with E-state index < -0.39 is 27.1 Å². The smallest absolute Gasteiger partial charge is 0.277 e. The summed E-state index contributed by atoms with van der Waals surface area (Å²) in [6.07, 6.45) is 3.74. The quantitative estimate of drug-likeness (QED) is 0.391. The fourth-order valence-electron chi connectivity index (χ4n) is 4.01. The molecule has 1 saturated carbocycles. The van der Waals surface area contributed by atoms with Crippen molar-refractivity contribution < 1.29 is 14.6 Å². The largest absolute Gasteiger partial charge is 0.348 e. The van der Waals surface area contributed by atoms with Crippen molar-refractivity contribution in [2.24, 2.45) is 0 Å². The Morgan fingerprint density at radius 2 is 1.53 bits per heavy atom. The van der Waals surface area contributed by atoms with Gasteiger partial charge in [-0.15, -0.1) is 11.8 Å². The summed E-state index contributed by atoms with van der Waals surface area (Å²) in [7, 11) is 0. The predicted molar refractivity (Wildman–Crippen MR) is 123 cm³/mol. The zero-order chi connectivity index (χ0) is 22.7. The molecule has 1 aliphatic carbocycles. The van der Waals surface area contributed by atoms with E-state index >= 15 is 0 Å². The third-order valence-electron chi connectivity index (χ3n) is 5.61. The van der Waals surface area contributed by atoms with E-state index in [2.05, 4.69) is 35.6 Å². The number of benzene rings is 3. The third kappa shape index (κ3) is 4.88. The number of nitro groups is 2. The fraction of sp³-hybridized carbons (Fsp3) is 0.261. The average Bonchev–Trinajstić information content (AvgIpc) is 2.80. The minimum Gasteiger partial charge on any atom is -0.348 e. The molecule has 1 amide bonds. The van der Waals surface area contributed by atoms with Crippen molar-refractivity contribution in [3.8, 4) is 0 Å². The summed E-state index contributed by atoms with van der Waals surface area (Å²) in [6, 6.07) is 17.3. The van der Waals surface area contributed by atoms with Gasteiger partial charge in [-0.1, -0.05) is 43.2 Å². The summed E-state index contributed by atoms with van der Waals surface area (Å²) in [5, 5.41) is 27.7. The Labute approximate surface area is 188 Å². The van der Waals surface area contributed by atoms with Crippen LogP contribution < -0.4 is 5.32 Å². The summed E-state index contributed by atoms with van der Waals surface area (Å²) >= 11 is 1.71. The van der Waals surface area contributed by atoms with Gasteiger partial charge in [-0.25, -0.2) is 0 Å². The van der Waals surface area contributed by atoms with Gasteiger partial charge in [0.1, 0.15) is 0 Å². The van der Waals surface area contributed by atoms with E-state index in [1.165, 1.54) is 0 Å². The Hall–Kier alpha value is -3.46. The predicted octanol–water partition coefficient (Wildman–Crippen LogP) is 5.49. The first-order valence-corrected chi connectivity index (χ1v) is 11.2. The lowest BCUT2D eigenvalue weighted by Gasteiger charge is -2.32. The number of nitrogens with zero attached hydrogens (tertiary/aromatic N) is 2. The first-order valence-electron chi connectivity index (χ1n) is 10.3. The van der Waals surface area contributed by atoms with Gasteiger partial charge < -0.3 is 5.32 Å². The first kappa shape index (κ1) is 21.8. The molecule has 0 spiro atoms. The van der Waals surface area contributed by atoms with Gasteiger partial charge >= 0.3 is 0 Å². The van der Waals surface area contributed by atoms with E-state index in [0.29, 0.717) is 0 Å². The Morgan fingerprint density at radius 1 is 0.875 bits per heavy atom. The Kier molecular flexibility index (Phi) is 6.36.